The van der Waals surface area contributed by atoms with Crippen molar-refractivity contribution in [2.24, 2.45) is 0 Å². The Balaban J connectivity index is 4.33. The minimum Gasteiger partial charge on any atom is -0.462 e. The van der Waals surface area contributed by atoms with E-state index in [0.717, 1.165) is 77.0 Å². The molecule has 0 fully saturated rings. The van der Waals surface area contributed by atoms with E-state index in [2.05, 4.69) is 45.1 Å². The lowest BCUT2D eigenvalue weighted by atomic mass is 10.0. The van der Waals surface area contributed by atoms with Crippen LogP contribution in [0.4, 0.5) is 0 Å². The normalized spacial score (nSPS) is 12.1. The molecule has 0 amide bonds. The molecule has 0 aliphatic heterocycles. The van der Waals surface area contributed by atoms with Crippen LogP contribution in [0.15, 0.2) is 24.3 Å². The highest BCUT2D eigenvalue weighted by Crippen LogP contribution is 2.15. The van der Waals surface area contributed by atoms with Crippen molar-refractivity contribution in [3.05, 3.63) is 24.3 Å². The van der Waals surface area contributed by atoms with E-state index >= 15 is 0 Å². The Morgan fingerprint density at radius 1 is 0.357 bits per heavy atom. The van der Waals surface area contributed by atoms with Crippen molar-refractivity contribution in [1.29, 1.82) is 0 Å². The van der Waals surface area contributed by atoms with E-state index < -0.39 is 6.10 Å². The van der Waals surface area contributed by atoms with Gasteiger partial charge in [-0.3, -0.25) is 14.4 Å². The maximum atomic E-state index is 12.7. The first-order valence-electron chi connectivity index (χ1n) is 24.3. The molecule has 0 N–H and O–H groups in total. The van der Waals surface area contributed by atoms with Gasteiger partial charge < -0.3 is 14.2 Å². The molecule has 0 aromatic rings. The number of hydrogen-bond acceptors (Lipinski definition) is 6. The van der Waals surface area contributed by atoms with Gasteiger partial charge in [0.05, 0.1) is 0 Å². The minimum atomic E-state index is -0.769. The molecule has 1 atom stereocenters. The molecule has 0 aliphatic carbocycles. The van der Waals surface area contributed by atoms with Crippen molar-refractivity contribution in [1.82, 2.24) is 0 Å². The number of ether oxygens (including phenoxy) is 3. The molecule has 6 nitrogen and oxygen atoms in total. The molecule has 0 bridgehead atoms. The zero-order valence-corrected chi connectivity index (χ0v) is 37.4. The number of allylic oxidation sites excluding steroid dienone is 4. The molecular weight excluding hydrogens is 697 g/mol. The summed E-state index contributed by atoms with van der Waals surface area (Å²) in [6.07, 6.45) is 50.1. The molecule has 0 saturated carbocycles. The van der Waals surface area contributed by atoms with E-state index in [9.17, 15) is 14.4 Å². The van der Waals surface area contributed by atoms with Crippen LogP contribution in [0, 0.1) is 0 Å². The first kappa shape index (κ1) is 53.9. The molecule has 0 spiro atoms. The molecule has 0 rings (SSSR count). The fourth-order valence-corrected chi connectivity index (χ4v) is 7.00. The Hall–Kier alpha value is -2.11. The topological polar surface area (TPSA) is 78.9 Å². The van der Waals surface area contributed by atoms with Crippen LogP contribution in [-0.4, -0.2) is 37.2 Å². The molecule has 56 heavy (non-hydrogen) atoms. The molecule has 0 heterocycles. The van der Waals surface area contributed by atoms with Gasteiger partial charge in [-0.1, -0.05) is 212 Å². The van der Waals surface area contributed by atoms with Crippen LogP contribution >= 0.6 is 0 Å². The third-order valence-electron chi connectivity index (χ3n) is 10.7. The van der Waals surface area contributed by atoms with Gasteiger partial charge in [0, 0.05) is 19.3 Å². The second kappa shape index (κ2) is 45.6. The smallest absolute Gasteiger partial charge is 0.306 e. The first-order chi connectivity index (χ1) is 27.5. The number of carbonyl (C=O) groups is 3. The maximum absolute atomic E-state index is 12.7. The lowest BCUT2D eigenvalue weighted by Crippen LogP contribution is -2.30. The van der Waals surface area contributed by atoms with Crippen molar-refractivity contribution in [3.8, 4) is 0 Å². The highest BCUT2D eigenvalue weighted by Gasteiger charge is 2.19. The summed E-state index contributed by atoms with van der Waals surface area (Å²) < 4.78 is 16.7. The number of rotatable bonds is 44. The number of hydrogen-bond donors (Lipinski definition) is 0. The van der Waals surface area contributed by atoms with Gasteiger partial charge in [-0.15, -0.1) is 0 Å². The summed E-state index contributed by atoms with van der Waals surface area (Å²) in [5, 5.41) is 0. The highest BCUT2D eigenvalue weighted by molar-refractivity contribution is 5.71. The van der Waals surface area contributed by atoms with Gasteiger partial charge in [-0.2, -0.15) is 0 Å². The lowest BCUT2D eigenvalue weighted by Gasteiger charge is -2.18. The van der Waals surface area contributed by atoms with Crippen LogP contribution in [0.25, 0.3) is 0 Å². The number of unbranched alkanes of at least 4 members (excludes halogenated alkanes) is 29. The largest absolute Gasteiger partial charge is 0.462 e. The fourth-order valence-electron chi connectivity index (χ4n) is 7.00. The quantitative estimate of drug-likeness (QED) is 0.0265. The molecule has 0 aromatic carbocycles. The molecule has 0 radical (unpaired) electrons. The maximum Gasteiger partial charge on any atom is 0.306 e. The number of esters is 3. The predicted octanol–water partition coefficient (Wildman–Crippen LogP) is 15.6. The average Bonchev–Trinajstić information content (AvgIpc) is 3.19. The van der Waals surface area contributed by atoms with Crippen molar-refractivity contribution in [2.45, 2.75) is 264 Å². The van der Waals surface area contributed by atoms with Crippen LogP contribution in [0.2, 0.25) is 0 Å². The van der Waals surface area contributed by atoms with Crippen LogP contribution < -0.4 is 0 Å². The summed E-state index contributed by atoms with van der Waals surface area (Å²) >= 11 is 0. The summed E-state index contributed by atoms with van der Waals surface area (Å²) in [4.78, 5) is 37.8. The summed E-state index contributed by atoms with van der Waals surface area (Å²) in [5.41, 5.74) is 0. The zero-order chi connectivity index (χ0) is 40.8. The molecule has 0 saturated heterocycles. The number of carbonyl (C=O) groups excluding carboxylic acids is 3. The van der Waals surface area contributed by atoms with Gasteiger partial charge in [-0.05, 0) is 51.4 Å². The zero-order valence-electron chi connectivity index (χ0n) is 37.4. The SMILES string of the molecule is CCCCC/C=C\C/C=C\CCCCCCCC(=O)OCC(COC(=O)CCCCCCCCCCC)OC(=O)CCCCCCCCCCCCCCCC. The Kier molecular flexibility index (Phi) is 43.9. The monoisotopic (exact) mass is 789 g/mol. The molecule has 6 heteroatoms. The van der Waals surface area contributed by atoms with E-state index in [-0.39, 0.29) is 31.1 Å². The first-order valence-corrected chi connectivity index (χ1v) is 24.3. The third-order valence-corrected chi connectivity index (χ3v) is 10.7. The van der Waals surface area contributed by atoms with Gasteiger partial charge in [0.2, 0.25) is 0 Å². The van der Waals surface area contributed by atoms with Crippen LogP contribution in [-0.2, 0) is 28.6 Å². The second-order valence-electron chi connectivity index (χ2n) is 16.4. The van der Waals surface area contributed by atoms with Gasteiger partial charge >= 0.3 is 17.9 Å². The Morgan fingerprint density at radius 2 is 0.643 bits per heavy atom. The lowest BCUT2D eigenvalue weighted by molar-refractivity contribution is -0.167. The van der Waals surface area contributed by atoms with Crippen molar-refractivity contribution in [2.75, 3.05) is 13.2 Å². The molecule has 0 aliphatic rings. The van der Waals surface area contributed by atoms with Crippen molar-refractivity contribution < 1.29 is 28.6 Å². The Morgan fingerprint density at radius 3 is 1.02 bits per heavy atom. The van der Waals surface area contributed by atoms with E-state index in [1.54, 1.807) is 0 Å². The highest BCUT2D eigenvalue weighted by atomic mass is 16.6. The van der Waals surface area contributed by atoms with E-state index in [1.807, 2.05) is 0 Å². The predicted molar refractivity (Wildman–Crippen MR) is 238 cm³/mol. The van der Waals surface area contributed by atoms with Gasteiger partial charge in [0.15, 0.2) is 6.10 Å². The minimum absolute atomic E-state index is 0.0717. The summed E-state index contributed by atoms with van der Waals surface area (Å²) in [6, 6.07) is 0. The average molecular weight is 789 g/mol. The van der Waals surface area contributed by atoms with Gasteiger partial charge in [-0.25, -0.2) is 0 Å². The van der Waals surface area contributed by atoms with E-state index in [4.69, 9.17) is 14.2 Å². The van der Waals surface area contributed by atoms with Crippen molar-refractivity contribution >= 4 is 17.9 Å². The molecular formula is C50H92O6. The molecule has 0 aromatic heterocycles. The van der Waals surface area contributed by atoms with E-state index in [1.165, 1.54) is 141 Å². The Labute approximate surface area is 347 Å². The third kappa shape index (κ3) is 43.0. The fraction of sp³-hybridized carbons (Fsp3) is 0.860. The molecule has 1 unspecified atom stereocenters. The summed E-state index contributed by atoms with van der Waals surface area (Å²) in [5.74, 6) is -0.879. The van der Waals surface area contributed by atoms with Crippen molar-refractivity contribution in [3.63, 3.8) is 0 Å². The van der Waals surface area contributed by atoms with Gasteiger partial charge in [0.25, 0.3) is 0 Å². The summed E-state index contributed by atoms with van der Waals surface area (Å²) in [6.45, 7) is 6.59. The van der Waals surface area contributed by atoms with Gasteiger partial charge in [0.1, 0.15) is 13.2 Å². The molecule has 328 valence electrons. The van der Waals surface area contributed by atoms with Crippen LogP contribution in [0.3, 0.4) is 0 Å². The standard InChI is InChI=1S/C50H92O6/c1-4-7-10-13-16-19-21-23-25-27-28-31-34-37-40-43-49(52)55-46-47(45-54-48(51)42-39-36-33-30-18-15-12-9-6-3)56-50(53)44-41-38-35-32-29-26-24-22-20-17-14-11-8-5-2/h16,19,23,25,47H,4-15,17-18,20-22,24,26-46H2,1-3H3/b19-16-,25-23-. The van der Waals surface area contributed by atoms with Crippen LogP contribution in [0.1, 0.15) is 258 Å². The van der Waals surface area contributed by atoms with Crippen LogP contribution in [0.5, 0.6) is 0 Å². The second-order valence-corrected chi connectivity index (χ2v) is 16.4. The van der Waals surface area contributed by atoms with E-state index in [0.29, 0.717) is 19.3 Å². The summed E-state index contributed by atoms with van der Waals surface area (Å²) in [7, 11) is 0. The Bertz CT molecular complexity index is 911.